The number of amides is 1. The number of rotatable bonds is 7. The predicted molar refractivity (Wildman–Crippen MR) is 107 cm³/mol. The van der Waals surface area contributed by atoms with E-state index in [-0.39, 0.29) is 23.6 Å². The van der Waals surface area contributed by atoms with Crippen LogP contribution in [0.15, 0.2) is 23.3 Å². The highest BCUT2D eigenvalue weighted by molar-refractivity contribution is 5.81. The van der Waals surface area contributed by atoms with Crippen molar-refractivity contribution in [1.29, 1.82) is 0 Å². The fraction of sp³-hybridized carbons (Fsp3) is 0.550. The predicted octanol–water partition coefficient (Wildman–Crippen LogP) is 1.45. The minimum atomic E-state index is -0.156. The Kier molecular flexibility index (Phi) is 6.51. The Bertz CT molecular complexity index is 896. The molecule has 0 radical (unpaired) electrons. The zero-order valence-electron chi connectivity index (χ0n) is 16.7. The Labute approximate surface area is 164 Å². The maximum Gasteiger partial charge on any atom is 0.261 e. The lowest BCUT2D eigenvalue weighted by atomic mass is 10.00. The number of methoxy groups -OCH3 is 2. The molecule has 8 nitrogen and oxygen atoms in total. The zero-order valence-corrected chi connectivity index (χ0v) is 16.7. The number of carbonyl (C=O) groups is 1. The van der Waals surface area contributed by atoms with Crippen LogP contribution < -0.4 is 25.7 Å². The number of hydrogen-bond donors (Lipinski definition) is 2. The van der Waals surface area contributed by atoms with Crippen LogP contribution >= 0.6 is 0 Å². The van der Waals surface area contributed by atoms with Gasteiger partial charge in [0.05, 0.1) is 31.4 Å². The monoisotopic (exact) mass is 388 g/mol. The van der Waals surface area contributed by atoms with E-state index < -0.39 is 0 Å². The molecule has 3 rings (SSSR count). The first-order valence-electron chi connectivity index (χ1n) is 9.67. The number of piperidine rings is 1. The highest BCUT2D eigenvalue weighted by Gasteiger charge is 2.22. The van der Waals surface area contributed by atoms with Crippen LogP contribution in [-0.4, -0.2) is 48.3 Å². The summed E-state index contributed by atoms with van der Waals surface area (Å²) < 4.78 is 12.1. The largest absolute Gasteiger partial charge is 0.493 e. The van der Waals surface area contributed by atoms with Crippen molar-refractivity contribution in [2.45, 2.75) is 51.2 Å². The first kappa shape index (κ1) is 20.1. The van der Waals surface area contributed by atoms with Gasteiger partial charge in [0, 0.05) is 31.1 Å². The van der Waals surface area contributed by atoms with Crippen LogP contribution in [0.2, 0.25) is 0 Å². The fourth-order valence-electron chi connectivity index (χ4n) is 3.57. The molecule has 2 aromatic rings. The van der Waals surface area contributed by atoms with Gasteiger partial charge in [-0.15, -0.1) is 0 Å². The molecule has 1 aliphatic heterocycles. The van der Waals surface area contributed by atoms with E-state index in [0.717, 1.165) is 19.4 Å². The number of fused-ring (bicyclic) bond motifs is 1. The number of nitrogens with one attached hydrogen (secondary N) is 2. The summed E-state index contributed by atoms with van der Waals surface area (Å²) in [6, 6.07) is 3.79. The van der Waals surface area contributed by atoms with Crippen molar-refractivity contribution in [3.8, 4) is 11.5 Å². The van der Waals surface area contributed by atoms with Crippen molar-refractivity contribution in [2.24, 2.45) is 0 Å². The SMILES string of the molecule is COc1cc2ncn(CCCC(=O)NC3CCCNC3C)c(=O)c2cc1OC. The number of carbonyl (C=O) groups excluding carboxylic acids is 1. The molecule has 0 aliphatic carbocycles. The Morgan fingerprint density at radius 3 is 2.79 bits per heavy atom. The molecule has 2 unspecified atom stereocenters. The summed E-state index contributed by atoms with van der Waals surface area (Å²) >= 11 is 0. The average molecular weight is 388 g/mol. The van der Waals surface area contributed by atoms with E-state index in [2.05, 4.69) is 22.5 Å². The number of nitrogens with zero attached hydrogens (tertiary/aromatic N) is 2. The summed E-state index contributed by atoms with van der Waals surface area (Å²) in [5.74, 6) is 1.04. The average Bonchev–Trinajstić information content (AvgIpc) is 2.70. The van der Waals surface area contributed by atoms with Gasteiger partial charge < -0.3 is 20.1 Å². The summed E-state index contributed by atoms with van der Waals surface area (Å²) in [5.41, 5.74) is 0.395. The van der Waals surface area contributed by atoms with Gasteiger partial charge in [-0.25, -0.2) is 4.98 Å². The molecular weight excluding hydrogens is 360 g/mol. The second-order valence-corrected chi connectivity index (χ2v) is 7.13. The Morgan fingerprint density at radius 2 is 2.07 bits per heavy atom. The maximum absolute atomic E-state index is 12.7. The van der Waals surface area contributed by atoms with E-state index in [1.165, 1.54) is 18.0 Å². The van der Waals surface area contributed by atoms with Crippen LogP contribution in [0.5, 0.6) is 11.5 Å². The second kappa shape index (κ2) is 9.05. The molecule has 28 heavy (non-hydrogen) atoms. The van der Waals surface area contributed by atoms with Crippen molar-refractivity contribution in [3.63, 3.8) is 0 Å². The van der Waals surface area contributed by atoms with Crippen LogP contribution in [0.3, 0.4) is 0 Å². The summed E-state index contributed by atoms with van der Waals surface area (Å²) in [6.45, 7) is 3.53. The molecule has 0 saturated carbocycles. The van der Waals surface area contributed by atoms with Gasteiger partial charge in [0.2, 0.25) is 5.91 Å². The topological polar surface area (TPSA) is 94.5 Å². The van der Waals surface area contributed by atoms with E-state index in [9.17, 15) is 9.59 Å². The minimum Gasteiger partial charge on any atom is -0.493 e. The third kappa shape index (κ3) is 4.44. The first-order valence-corrected chi connectivity index (χ1v) is 9.67. The lowest BCUT2D eigenvalue weighted by molar-refractivity contribution is -0.122. The summed E-state index contributed by atoms with van der Waals surface area (Å²) in [5, 5.41) is 6.93. The molecule has 8 heteroatoms. The first-order chi connectivity index (χ1) is 13.5. The minimum absolute atomic E-state index is 0.0220. The molecule has 2 atom stereocenters. The van der Waals surface area contributed by atoms with Crippen LogP contribution in [0.1, 0.15) is 32.6 Å². The molecule has 2 N–H and O–H groups in total. The van der Waals surface area contributed by atoms with E-state index in [0.29, 0.717) is 41.8 Å². The van der Waals surface area contributed by atoms with Crippen LogP contribution in [0, 0.1) is 0 Å². The van der Waals surface area contributed by atoms with Gasteiger partial charge in [-0.2, -0.15) is 0 Å². The Morgan fingerprint density at radius 1 is 1.32 bits per heavy atom. The van der Waals surface area contributed by atoms with Crippen LogP contribution in [0.25, 0.3) is 10.9 Å². The summed E-state index contributed by atoms with van der Waals surface area (Å²) in [7, 11) is 3.07. The normalized spacial score (nSPS) is 19.4. The molecule has 2 heterocycles. The quantitative estimate of drug-likeness (QED) is 0.746. The van der Waals surface area contributed by atoms with Crippen molar-refractivity contribution in [2.75, 3.05) is 20.8 Å². The molecule has 0 spiro atoms. The van der Waals surface area contributed by atoms with Gasteiger partial charge in [-0.3, -0.25) is 14.2 Å². The molecule has 0 bridgehead atoms. The number of ether oxygens (including phenoxy) is 2. The van der Waals surface area contributed by atoms with Gasteiger partial charge in [0.15, 0.2) is 11.5 Å². The van der Waals surface area contributed by atoms with Gasteiger partial charge in [-0.05, 0) is 38.8 Å². The van der Waals surface area contributed by atoms with E-state index in [4.69, 9.17) is 9.47 Å². The van der Waals surface area contributed by atoms with E-state index >= 15 is 0 Å². The molecule has 1 amide bonds. The molecule has 152 valence electrons. The molecular formula is C20H28N4O4. The van der Waals surface area contributed by atoms with Crippen molar-refractivity contribution >= 4 is 16.8 Å². The van der Waals surface area contributed by atoms with E-state index in [1.807, 2.05) is 0 Å². The summed E-state index contributed by atoms with van der Waals surface area (Å²) in [4.78, 5) is 29.3. The van der Waals surface area contributed by atoms with E-state index in [1.54, 1.807) is 19.2 Å². The van der Waals surface area contributed by atoms with Crippen LogP contribution in [0.4, 0.5) is 0 Å². The van der Waals surface area contributed by atoms with Crippen molar-refractivity contribution in [1.82, 2.24) is 20.2 Å². The number of benzene rings is 1. The number of aromatic nitrogens is 2. The second-order valence-electron chi connectivity index (χ2n) is 7.13. The number of hydrogen-bond acceptors (Lipinski definition) is 6. The maximum atomic E-state index is 12.7. The smallest absolute Gasteiger partial charge is 0.261 e. The van der Waals surface area contributed by atoms with Crippen molar-refractivity contribution < 1.29 is 14.3 Å². The highest BCUT2D eigenvalue weighted by atomic mass is 16.5. The van der Waals surface area contributed by atoms with Crippen LogP contribution in [-0.2, 0) is 11.3 Å². The highest BCUT2D eigenvalue weighted by Crippen LogP contribution is 2.29. The lowest BCUT2D eigenvalue weighted by Gasteiger charge is -2.30. The molecule has 1 saturated heterocycles. The lowest BCUT2D eigenvalue weighted by Crippen LogP contribution is -2.51. The Hall–Kier alpha value is -2.61. The molecule has 1 aromatic carbocycles. The molecule has 1 aromatic heterocycles. The van der Waals surface area contributed by atoms with Gasteiger partial charge >= 0.3 is 0 Å². The standard InChI is InChI=1S/C20H28N4O4/c1-13-15(6-4-8-21-13)23-19(25)7-5-9-24-12-22-16-11-18(28-3)17(27-2)10-14(16)20(24)26/h10-13,15,21H,4-9H2,1-3H3,(H,23,25). The summed E-state index contributed by atoms with van der Waals surface area (Å²) in [6.07, 6.45) is 4.53. The number of aryl methyl sites for hydroxylation is 1. The Balaban J connectivity index is 1.63. The van der Waals surface area contributed by atoms with Crippen molar-refractivity contribution in [3.05, 3.63) is 28.8 Å². The zero-order chi connectivity index (χ0) is 20.1. The molecule has 1 aliphatic rings. The fourth-order valence-corrected chi connectivity index (χ4v) is 3.57. The van der Waals surface area contributed by atoms with Gasteiger partial charge in [0.25, 0.3) is 5.56 Å². The molecule has 1 fully saturated rings. The van der Waals surface area contributed by atoms with Gasteiger partial charge in [-0.1, -0.05) is 0 Å². The van der Waals surface area contributed by atoms with Gasteiger partial charge in [0.1, 0.15) is 0 Å². The third-order valence-corrected chi connectivity index (χ3v) is 5.24. The third-order valence-electron chi connectivity index (χ3n) is 5.24.